The third-order valence-corrected chi connectivity index (χ3v) is 4.64. The molecule has 0 aliphatic carbocycles. The molecule has 20 heavy (non-hydrogen) atoms. The molecule has 0 heterocycles. The molecule has 0 amide bonds. The maximum absolute atomic E-state index is 12.4. The Bertz CT molecular complexity index is 573. The molecule has 0 saturated carbocycles. The number of rotatable bonds is 5. The zero-order valence-electron chi connectivity index (χ0n) is 10.7. The molecule has 9 heteroatoms. The van der Waals surface area contributed by atoms with Crippen LogP contribution in [0.25, 0.3) is 0 Å². The van der Waals surface area contributed by atoms with Crippen molar-refractivity contribution in [3.63, 3.8) is 0 Å². The Morgan fingerprint density at radius 2 is 1.95 bits per heavy atom. The van der Waals surface area contributed by atoms with Crippen molar-refractivity contribution >= 4 is 15.7 Å². The lowest BCUT2D eigenvalue weighted by atomic mass is 10.2. The van der Waals surface area contributed by atoms with Gasteiger partial charge in [0.05, 0.1) is 11.5 Å². The molecule has 0 aliphatic heterocycles. The number of nitrogens with two attached hydrogens (primary N) is 1. The summed E-state index contributed by atoms with van der Waals surface area (Å²) in [5.74, 6) is 0. The van der Waals surface area contributed by atoms with Crippen molar-refractivity contribution in [2.75, 3.05) is 25.4 Å². The average Bonchev–Trinajstić information content (AvgIpc) is 2.30. The van der Waals surface area contributed by atoms with Crippen LogP contribution >= 0.6 is 0 Å². The number of halogens is 3. The number of aliphatic hydroxyl groups excluding tert-OH is 1. The van der Waals surface area contributed by atoms with Gasteiger partial charge in [-0.25, -0.2) is 8.42 Å². The highest BCUT2D eigenvalue weighted by molar-refractivity contribution is 7.89. The summed E-state index contributed by atoms with van der Waals surface area (Å²) in [5, 5.41) is 8.77. The Labute approximate surface area is 114 Å². The van der Waals surface area contributed by atoms with Crippen LogP contribution in [-0.4, -0.2) is 43.7 Å². The molecule has 3 N–H and O–H groups in total. The third-order valence-electron chi connectivity index (χ3n) is 2.65. The minimum atomic E-state index is -4.70. The minimum absolute atomic E-state index is 0.169. The van der Waals surface area contributed by atoms with E-state index in [4.69, 9.17) is 10.8 Å². The van der Waals surface area contributed by atoms with E-state index in [2.05, 4.69) is 0 Å². The van der Waals surface area contributed by atoms with Crippen LogP contribution in [-0.2, 0) is 10.0 Å². The monoisotopic (exact) mass is 312 g/mol. The molecular weight excluding hydrogens is 297 g/mol. The molecule has 0 spiro atoms. The highest BCUT2D eigenvalue weighted by Crippen LogP contribution is 2.26. The quantitative estimate of drug-likeness (QED) is 0.798. The van der Waals surface area contributed by atoms with Crippen molar-refractivity contribution in [2.24, 2.45) is 0 Å². The van der Waals surface area contributed by atoms with Crippen molar-refractivity contribution in [3.05, 3.63) is 23.8 Å². The first-order valence-electron chi connectivity index (χ1n) is 5.62. The average molecular weight is 312 g/mol. The molecule has 0 unspecified atom stereocenters. The molecule has 1 rings (SSSR count). The highest BCUT2D eigenvalue weighted by Gasteiger charge is 2.37. The number of alkyl halides is 3. The Morgan fingerprint density at radius 1 is 1.35 bits per heavy atom. The predicted octanol–water partition coefficient (Wildman–Crippen LogP) is 1.12. The normalized spacial score (nSPS) is 12.9. The highest BCUT2D eigenvalue weighted by atomic mass is 32.2. The smallest absolute Gasteiger partial charge is 0.398 e. The van der Waals surface area contributed by atoms with Gasteiger partial charge < -0.3 is 10.8 Å². The van der Waals surface area contributed by atoms with Crippen LogP contribution in [0.3, 0.4) is 0 Å². The van der Waals surface area contributed by atoms with Crippen LogP contribution in [0, 0.1) is 6.92 Å². The van der Waals surface area contributed by atoms with Gasteiger partial charge in [-0.05, 0) is 24.6 Å². The fraction of sp³-hybridized carbons (Fsp3) is 0.455. The molecule has 0 fully saturated rings. The molecule has 114 valence electrons. The summed E-state index contributed by atoms with van der Waals surface area (Å²) in [6.07, 6.45) is -4.70. The number of nitrogens with zero attached hydrogens (tertiary/aromatic N) is 1. The van der Waals surface area contributed by atoms with E-state index in [9.17, 15) is 21.6 Å². The van der Waals surface area contributed by atoms with Crippen LogP contribution in [0.2, 0.25) is 0 Å². The van der Waals surface area contributed by atoms with Crippen molar-refractivity contribution in [3.8, 4) is 0 Å². The van der Waals surface area contributed by atoms with Crippen LogP contribution in [0.15, 0.2) is 23.1 Å². The lowest BCUT2D eigenvalue weighted by molar-refractivity contribution is -0.136. The molecule has 1 aromatic carbocycles. The molecule has 0 atom stereocenters. The second-order valence-electron chi connectivity index (χ2n) is 4.15. The number of anilines is 1. The van der Waals surface area contributed by atoms with Crippen molar-refractivity contribution in [2.45, 2.75) is 18.0 Å². The van der Waals surface area contributed by atoms with Crippen LogP contribution in [0.5, 0.6) is 0 Å². The van der Waals surface area contributed by atoms with Crippen LogP contribution < -0.4 is 5.73 Å². The van der Waals surface area contributed by atoms with E-state index in [1.165, 1.54) is 25.1 Å². The summed E-state index contributed by atoms with van der Waals surface area (Å²) in [6.45, 7) is -1.61. The number of hydrogen-bond acceptors (Lipinski definition) is 4. The van der Waals surface area contributed by atoms with Gasteiger partial charge in [-0.15, -0.1) is 0 Å². The molecule has 0 aliphatic rings. The third kappa shape index (κ3) is 3.84. The van der Waals surface area contributed by atoms with Crippen molar-refractivity contribution in [1.29, 1.82) is 0 Å². The summed E-state index contributed by atoms with van der Waals surface area (Å²) in [6, 6.07) is 3.98. The molecule has 5 nitrogen and oxygen atoms in total. The molecule has 0 aromatic heterocycles. The zero-order chi connectivity index (χ0) is 15.6. The van der Waals surface area contributed by atoms with Crippen molar-refractivity contribution in [1.82, 2.24) is 4.31 Å². The second kappa shape index (κ2) is 5.98. The van der Waals surface area contributed by atoms with Gasteiger partial charge in [0.15, 0.2) is 0 Å². The van der Waals surface area contributed by atoms with E-state index in [0.717, 1.165) is 0 Å². The number of nitrogen functional groups attached to an aromatic ring is 1. The van der Waals surface area contributed by atoms with Gasteiger partial charge in [-0.3, -0.25) is 0 Å². The first-order valence-corrected chi connectivity index (χ1v) is 7.06. The van der Waals surface area contributed by atoms with Gasteiger partial charge in [-0.1, -0.05) is 6.07 Å². The number of sulfonamides is 1. The number of benzene rings is 1. The summed E-state index contributed by atoms with van der Waals surface area (Å²) in [5.41, 5.74) is 5.91. The minimum Gasteiger partial charge on any atom is -0.398 e. The number of aliphatic hydroxyl groups is 1. The van der Waals surface area contributed by atoms with E-state index in [1.807, 2.05) is 0 Å². The van der Waals surface area contributed by atoms with Gasteiger partial charge in [0.2, 0.25) is 10.0 Å². The summed E-state index contributed by atoms with van der Waals surface area (Å²) in [7, 11) is -4.38. The van der Waals surface area contributed by atoms with Gasteiger partial charge in [-0.2, -0.15) is 17.5 Å². The van der Waals surface area contributed by atoms with Gasteiger partial charge >= 0.3 is 6.18 Å². The van der Waals surface area contributed by atoms with Crippen LogP contribution in [0.4, 0.5) is 18.9 Å². The Balaban J connectivity index is 3.26. The van der Waals surface area contributed by atoms with E-state index in [1.54, 1.807) is 0 Å². The van der Waals surface area contributed by atoms with Gasteiger partial charge in [0.25, 0.3) is 0 Å². The molecule has 0 radical (unpaired) electrons. The lowest BCUT2D eigenvalue weighted by Crippen LogP contribution is -2.40. The van der Waals surface area contributed by atoms with E-state index in [0.29, 0.717) is 0 Å². The second-order valence-corrected chi connectivity index (χ2v) is 6.05. The maximum atomic E-state index is 12.4. The number of hydrogen-bond donors (Lipinski definition) is 2. The fourth-order valence-electron chi connectivity index (χ4n) is 1.65. The molecule has 0 saturated heterocycles. The van der Waals surface area contributed by atoms with Crippen molar-refractivity contribution < 1.29 is 26.7 Å². The molecule has 1 aromatic rings. The zero-order valence-corrected chi connectivity index (χ0v) is 11.5. The van der Waals surface area contributed by atoms with E-state index >= 15 is 0 Å². The Hall–Kier alpha value is -1.32. The Morgan fingerprint density at radius 3 is 2.45 bits per heavy atom. The summed E-state index contributed by atoms with van der Waals surface area (Å²) < 4.78 is 62.0. The predicted molar refractivity (Wildman–Crippen MR) is 67.5 cm³/mol. The van der Waals surface area contributed by atoms with E-state index < -0.39 is 35.9 Å². The lowest BCUT2D eigenvalue weighted by Gasteiger charge is -2.23. The van der Waals surface area contributed by atoms with E-state index in [-0.39, 0.29) is 20.5 Å². The van der Waals surface area contributed by atoms with Crippen LogP contribution in [0.1, 0.15) is 5.56 Å². The largest absolute Gasteiger partial charge is 0.402 e. The fourth-order valence-corrected chi connectivity index (χ4v) is 3.32. The van der Waals surface area contributed by atoms with Gasteiger partial charge in [0, 0.05) is 12.2 Å². The summed E-state index contributed by atoms with van der Waals surface area (Å²) >= 11 is 0. The summed E-state index contributed by atoms with van der Waals surface area (Å²) in [4.78, 5) is -0.296. The first-order chi connectivity index (χ1) is 9.09. The maximum Gasteiger partial charge on any atom is 0.402 e. The first kappa shape index (κ1) is 16.7. The standard InChI is InChI=1S/C11H15F3N2O3S/c1-8-9(15)3-2-4-10(8)20(18,19)16(5-6-17)7-11(12,13)14/h2-4,17H,5-7,15H2,1H3. The SMILES string of the molecule is Cc1c(N)cccc1S(=O)(=O)N(CCO)CC(F)(F)F. The topological polar surface area (TPSA) is 83.6 Å². The Kier molecular flexibility index (Phi) is 5.00. The molecular formula is C11H15F3N2O3S. The van der Waals surface area contributed by atoms with Gasteiger partial charge in [0.1, 0.15) is 6.54 Å². The molecule has 0 bridgehead atoms.